The van der Waals surface area contributed by atoms with Crippen LogP contribution in [-0.4, -0.2) is 20.8 Å². The average molecular weight is 404 g/mol. The molecule has 1 aliphatic heterocycles. The Balaban J connectivity index is 1.74. The highest BCUT2D eigenvalue weighted by molar-refractivity contribution is 6.31. The van der Waals surface area contributed by atoms with Crippen molar-refractivity contribution in [1.82, 2.24) is 14.9 Å². The predicted molar refractivity (Wildman–Crippen MR) is 108 cm³/mol. The van der Waals surface area contributed by atoms with Crippen molar-refractivity contribution < 1.29 is 9.21 Å². The van der Waals surface area contributed by atoms with Gasteiger partial charge in [-0.3, -0.25) is 19.6 Å². The van der Waals surface area contributed by atoms with Crippen molar-refractivity contribution in [3.8, 4) is 0 Å². The Morgan fingerprint density at radius 3 is 2.55 bits per heavy atom. The first-order chi connectivity index (χ1) is 14.1. The molecule has 6 nitrogen and oxygen atoms in total. The first-order valence-corrected chi connectivity index (χ1v) is 9.37. The number of pyridine rings is 2. The number of hydrogen-bond donors (Lipinski definition) is 0. The first-order valence-electron chi connectivity index (χ1n) is 8.99. The molecule has 142 valence electrons. The molecule has 3 aromatic heterocycles. The molecule has 1 aromatic carbocycles. The Hall–Kier alpha value is -3.51. The lowest BCUT2D eigenvalue weighted by Crippen LogP contribution is -2.29. The van der Waals surface area contributed by atoms with Gasteiger partial charge in [-0.05, 0) is 41.5 Å². The van der Waals surface area contributed by atoms with Crippen LogP contribution < -0.4 is 5.43 Å². The molecule has 0 saturated carbocycles. The molecule has 29 heavy (non-hydrogen) atoms. The molecule has 0 radical (unpaired) electrons. The highest BCUT2D eigenvalue weighted by Crippen LogP contribution is 2.38. The van der Waals surface area contributed by atoms with E-state index in [4.69, 9.17) is 16.0 Å². The zero-order valence-corrected chi connectivity index (χ0v) is 15.8. The number of fused-ring (bicyclic) bond motifs is 2. The SMILES string of the molecule is O=C1c2oc3ccc(Cl)cc3c(=O)c2C(c2cccnc2)N1Cc1cccnc1. The van der Waals surface area contributed by atoms with Crippen LogP contribution in [0.2, 0.25) is 5.02 Å². The molecule has 0 bridgehead atoms. The van der Waals surface area contributed by atoms with Gasteiger partial charge in [-0.1, -0.05) is 23.7 Å². The maximum Gasteiger partial charge on any atom is 0.291 e. The summed E-state index contributed by atoms with van der Waals surface area (Å²) in [5.74, 6) is -0.283. The summed E-state index contributed by atoms with van der Waals surface area (Å²) in [6.45, 7) is 0.285. The van der Waals surface area contributed by atoms with Gasteiger partial charge >= 0.3 is 0 Å². The number of carbonyl (C=O) groups is 1. The lowest BCUT2D eigenvalue weighted by Gasteiger charge is -2.24. The molecular formula is C22H14ClN3O3. The van der Waals surface area contributed by atoms with E-state index in [1.54, 1.807) is 54.0 Å². The molecule has 1 atom stereocenters. The number of benzene rings is 1. The van der Waals surface area contributed by atoms with Crippen molar-refractivity contribution >= 4 is 28.5 Å². The van der Waals surface area contributed by atoms with Crippen molar-refractivity contribution in [2.45, 2.75) is 12.6 Å². The Morgan fingerprint density at radius 1 is 1.03 bits per heavy atom. The number of hydrogen-bond acceptors (Lipinski definition) is 5. The van der Waals surface area contributed by atoms with E-state index >= 15 is 0 Å². The molecule has 0 spiro atoms. The number of nitrogens with zero attached hydrogens (tertiary/aromatic N) is 3. The van der Waals surface area contributed by atoms with Crippen molar-refractivity contribution in [2.75, 3.05) is 0 Å². The van der Waals surface area contributed by atoms with Gasteiger partial charge in [0.1, 0.15) is 5.58 Å². The number of amides is 1. The molecule has 0 N–H and O–H groups in total. The van der Waals surface area contributed by atoms with Gasteiger partial charge in [0.15, 0.2) is 5.43 Å². The first kappa shape index (κ1) is 17.6. The molecule has 0 fully saturated rings. The van der Waals surface area contributed by atoms with Gasteiger partial charge < -0.3 is 9.32 Å². The number of carbonyl (C=O) groups excluding carboxylic acids is 1. The molecule has 7 heteroatoms. The lowest BCUT2D eigenvalue weighted by atomic mass is 10.00. The fourth-order valence-electron chi connectivity index (χ4n) is 3.73. The van der Waals surface area contributed by atoms with E-state index in [0.717, 1.165) is 11.1 Å². The molecule has 5 rings (SSSR count). The van der Waals surface area contributed by atoms with Crippen LogP contribution in [0.25, 0.3) is 11.0 Å². The number of aromatic nitrogens is 2. The Morgan fingerprint density at radius 2 is 1.83 bits per heavy atom. The third kappa shape index (κ3) is 2.89. The van der Waals surface area contributed by atoms with Crippen LogP contribution in [0.3, 0.4) is 0 Å². The molecule has 0 aliphatic carbocycles. The fourth-order valence-corrected chi connectivity index (χ4v) is 3.90. The van der Waals surface area contributed by atoms with Gasteiger partial charge in [0.05, 0.1) is 17.0 Å². The van der Waals surface area contributed by atoms with Crippen LogP contribution >= 0.6 is 11.6 Å². The predicted octanol–water partition coefficient (Wildman–Crippen LogP) is 3.98. The minimum absolute atomic E-state index is 0.0579. The summed E-state index contributed by atoms with van der Waals surface area (Å²) >= 11 is 6.08. The maximum atomic E-state index is 13.4. The van der Waals surface area contributed by atoms with Crippen LogP contribution in [0, 0.1) is 0 Å². The van der Waals surface area contributed by atoms with E-state index in [0.29, 0.717) is 21.6 Å². The zero-order valence-electron chi connectivity index (χ0n) is 15.1. The summed E-state index contributed by atoms with van der Waals surface area (Å²) in [4.78, 5) is 36.6. The summed E-state index contributed by atoms with van der Waals surface area (Å²) < 4.78 is 5.89. The van der Waals surface area contributed by atoms with Gasteiger partial charge in [-0.15, -0.1) is 0 Å². The molecule has 0 saturated heterocycles. The van der Waals surface area contributed by atoms with Crippen LogP contribution in [0.4, 0.5) is 0 Å². The van der Waals surface area contributed by atoms with Crippen LogP contribution in [-0.2, 0) is 6.54 Å². The number of rotatable bonds is 3. The van der Waals surface area contributed by atoms with E-state index in [2.05, 4.69) is 9.97 Å². The highest BCUT2D eigenvalue weighted by atomic mass is 35.5. The fraction of sp³-hybridized carbons (Fsp3) is 0.0909. The maximum absolute atomic E-state index is 13.4. The van der Waals surface area contributed by atoms with Crippen LogP contribution in [0.5, 0.6) is 0 Å². The van der Waals surface area contributed by atoms with Gasteiger partial charge in [-0.25, -0.2) is 0 Å². The van der Waals surface area contributed by atoms with E-state index in [1.165, 1.54) is 0 Å². The smallest absolute Gasteiger partial charge is 0.291 e. The summed E-state index contributed by atoms with van der Waals surface area (Å²) in [7, 11) is 0. The van der Waals surface area contributed by atoms with E-state index in [1.807, 2.05) is 18.2 Å². The van der Waals surface area contributed by atoms with E-state index in [-0.39, 0.29) is 23.6 Å². The third-order valence-corrected chi connectivity index (χ3v) is 5.24. The normalized spacial score (nSPS) is 15.7. The summed E-state index contributed by atoms with van der Waals surface area (Å²) in [5, 5.41) is 0.778. The highest BCUT2D eigenvalue weighted by Gasteiger charge is 2.42. The largest absolute Gasteiger partial charge is 0.450 e. The second-order valence-corrected chi connectivity index (χ2v) is 7.23. The topological polar surface area (TPSA) is 76.3 Å². The van der Waals surface area contributed by atoms with Gasteiger partial charge in [0.25, 0.3) is 5.91 Å². The van der Waals surface area contributed by atoms with Crippen LogP contribution in [0.1, 0.15) is 33.3 Å². The molecular weight excluding hydrogens is 390 g/mol. The Kier molecular flexibility index (Phi) is 4.14. The third-order valence-electron chi connectivity index (χ3n) is 5.00. The van der Waals surface area contributed by atoms with Crippen molar-refractivity contribution in [2.24, 2.45) is 0 Å². The van der Waals surface area contributed by atoms with Gasteiger partial charge in [0, 0.05) is 36.4 Å². The minimum atomic E-state index is -0.606. The lowest BCUT2D eigenvalue weighted by molar-refractivity contribution is 0.0714. The standard InChI is InChI=1S/C22H14ClN3O3/c23-15-5-6-17-16(9-15)20(27)18-19(14-4-2-8-25-11-14)26(22(28)21(18)29-17)12-13-3-1-7-24-10-13/h1-11,19H,12H2. The second-order valence-electron chi connectivity index (χ2n) is 6.80. The van der Waals surface area contributed by atoms with E-state index < -0.39 is 6.04 Å². The summed E-state index contributed by atoms with van der Waals surface area (Å²) in [5.41, 5.74) is 1.96. The Bertz CT molecular complexity index is 1290. The van der Waals surface area contributed by atoms with Crippen molar-refractivity contribution in [3.63, 3.8) is 0 Å². The quantitative estimate of drug-likeness (QED) is 0.517. The molecule has 1 aliphatic rings. The number of halogens is 1. The monoisotopic (exact) mass is 403 g/mol. The molecule has 4 aromatic rings. The second kappa shape index (κ2) is 6.83. The minimum Gasteiger partial charge on any atom is -0.450 e. The van der Waals surface area contributed by atoms with Crippen LogP contribution in [0.15, 0.2) is 76.5 Å². The summed E-state index contributed by atoms with van der Waals surface area (Å²) in [6.07, 6.45) is 6.67. The zero-order chi connectivity index (χ0) is 20.0. The average Bonchev–Trinajstić information content (AvgIpc) is 3.02. The Labute approximate surface area is 170 Å². The molecule has 1 amide bonds. The van der Waals surface area contributed by atoms with Gasteiger partial charge in [0.2, 0.25) is 5.76 Å². The summed E-state index contributed by atoms with van der Waals surface area (Å²) in [6, 6.07) is 11.5. The van der Waals surface area contributed by atoms with Crippen molar-refractivity contribution in [3.05, 3.63) is 105 Å². The van der Waals surface area contributed by atoms with Gasteiger partial charge in [-0.2, -0.15) is 0 Å². The van der Waals surface area contributed by atoms with E-state index in [9.17, 15) is 9.59 Å². The van der Waals surface area contributed by atoms with Crippen molar-refractivity contribution in [1.29, 1.82) is 0 Å². The molecule has 4 heterocycles. The molecule has 1 unspecified atom stereocenters.